The first-order chi connectivity index (χ1) is 19.2. The van der Waals surface area contributed by atoms with Crippen molar-refractivity contribution in [3.63, 3.8) is 0 Å². The third-order valence-electron chi connectivity index (χ3n) is 7.54. The number of aryl methyl sites for hydroxylation is 1. The molecule has 0 aliphatic heterocycles. The maximum absolute atomic E-state index is 13.7. The first kappa shape index (κ1) is 28.3. The number of fused-ring (bicyclic) bond motifs is 1. The molecule has 0 unspecified atom stereocenters. The van der Waals surface area contributed by atoms with Gasteiger partial charge in [-0.15, -0.1) is 11.3 Å². The number of ether oxygens (including phenoxy) is 1. The van der Waals surface area contributed by atoms with Gasteiger partial charge in [0, 0.05) is 26.8 Å². The highest BCUT2D eigenvalue weighted by molar-refractivity contribution is 9.10. The zero-order valence-electron chi connectivity index (χ0n) is 23.5. The Labute approximate surface area is 249 Å². The Morgan fingerprint density at radius 1 is 1.10 bits per heavy atom. The number of nitrogens with one attached hydrogen (secondary N) is 1. The van der Waals surface area contributed by atoms with Gasteiger partial charge in [-0.25, -0.2) is 4.99 Å². The number of thiophene rings is 1. The summed E-state index contributed by atoms with van der Waals surface area (Å²) in [5.74, 6) is 1.22. The molecule has 1 aliphatic carbocycles. The molecule has 0 spiro atoms. The molecule has 40 heavy (non-hydrogen) atoms. The molecule has 0 bridgehead atoms. The molecular weight excluding hydrogens is 580 g/mol. The summed E-state index contributed by atoms with van der Waals surface area (Å²) in [6, 6.07) is 23.9. The van der Waals surface area contributed by atoms with Crippen LogP contribution in [0.25, 0.3) is 0 Å². The van der Waals surface area contributed by atoms with Crippen molar-refractivity contribution in [1.29, 1.82) is 0 Å². The van der Waals surface area contributed by atoms with E-state index in [1.165, 1.54) is 10.4 Å². The molecule has 1 atom stereocenters. The first-order valence-corrected chi connectivity index (χ1v) is 15.3. The summed E-state index contributed by atoms with van der Waals surface area (Å²) >= 11 is 5.24. The second kappa shape index (κ2) is 12.1. The van der Waals surface area contributed by atoms with Gasteiger partial charge >= 0.3 is 0 Å². The van der Waals surface area contributed by atoms with E-state index in [0.717, 1.165) is 56.9 Å². The van der Waals surface area contributed by atoms with Crippen molar-refractivity contribution in [2.75, 3.05) is 5.32 Å². The third-order valence-corrected chi connectivity index (χ3v) is 9.19. The van der Waals surface area contributed by atoms with E-state index in [1.54, 1.807) is 11.3 Å². The summed E-state index contributed by atoms with van der Waals surface area (Å²) in [6.07, 6.45) is 4.77. The number of rotatable bonds is 7. The van der Waals surface area contributed by atoms with Gasteiger partial charge in [-0.05, 0) is 79.0 Å². The SMILES string of the molecule is Cc1ccc(COc2ccc(Br)cc2C=Nc2sc3c(c2C(=O)Nc2ccccc2)CC[C@@H](C(C)(C)C)C3)cc1. The Bertz CT molecular complexity index is 1520. The van der Waals surface area contributed by atoms with Crippen molar-refractivity contribution in [2.45, 2.75) is 53.6 Å². The van der Waals surface area contributed by atoms with Crippen molar-refractivity contribution in [2.24, 2.45) is 16.3 Å². The van der Waals surface area contributed by atoms with Gasteiger partial charge in [-0.1, -0.05) is 84.7 Å². The number of halogens is 1. The van der Waals surface area contributed by atoms with Crippen LogP contribution in [0.3, 0.4) is 0 Å². The fraction of sp³-hybridized carbons (Fsp3) is 0.294. The maximum atomic E-state index is 13.7. The summed E-state index contributed by atoms with van der Waals surface area (Å²) in [4.78, 5) is 19.9. The lowest BCUT2D eigenvalue weighted by atomic mass is 9.72. The summed E-state index contributed by atoms with van der Waals surface area (Å²) in [7, 11) is 0. The van der Waals surface area contributed by atoms with E-state index in [9.17, 15) is 4.79 Å². The Morgan fingerprint density at radius 2 is 1.85 bits per heavy atom. The number of carbonyl (C=O) groups is 1. The van der Waals surface area contributed by atoms with E-state index >= 15 is 0 Å². The fourth-order valence-corrected chi connectivity index (χ4v) is 6.72. The molecule has 206 valence electrons. The maximum Gasteiger partial charge on any atom is 0.259 e. The molecule has 0 fully saturated rings. The minimum atomic E-state index is -0.102. The van der Waals surface area contributed by atoms with Gasteiger partial charge in [0.15, 0.2) is 0 Å². The van der Waals surface area contributed by atoms with Gasteiger partial charge in [-0.2, -0.15) is 0 Å². The van der Waals surface area contributed by atoms with E-state index in [0.29, 0.717) is 18.1 Å². The molecule has 1 N–H and O–H groups in total. The highest BCUT2D eigenvalue weighted by Gasteiger charge is 2.33. The lowest BCUT2D eigenvalue weighted by Gasteiger charge is -2.33. The number of amides is 1. The molecule has 0 radical (unpaired) electrons. The van der Waals surface area contributed by atoms with Crippen LogP contribution < -0.4 is 10.1 Å². The highest BCUT2D eigenvalue weighted by atomic mass is 79.9. The van der Waals surface area contributed by atoms with Crippen molar-refractivity contribution < 1.29 is 9.53 Å². The minimum Gasteiger partial charge on any atom is -0.488 e. The summed E-state index contributed by atoms with van der Waals surface area (Å²) in [6.45, 7) is 9.47. The summed E-state index contributed by atoms with van der Waals surface area (Å²) in [5, 5.41) is 3.85. The Kier molecular flexibility index (Phi) is 8.57. The molecule has 4 aromatic rings. The molecule has 0 saturated carbocycles. The van der Waals surface area contributed by atoms with Crippen molar-refractivity contribution in [1.82, 2.24) is 0 Å². The quantitative estimate of drug-likeness (QED) is 0.211. The van der Waals surface area contributed by atoms with Crippen LogP contribution >= 0.6 is 27.3 Å². The molecule has 1 aromatic heterocycles. The Balaban J connectivity index is 1.46. The predicted molar refractivity (Wildman–Crippen MR) is 171 cm³/mol. The normalized spacial score (nSPS) is 15.2. The largest absolute Gasteiger partial charge is 0.488 e. The van der Waals surface area contributed by atoms with Crippen molar-refractivity contribution in [3.8, 4) is 5.75 Å². The van der Waals surface area contributed by atoms with Gasteiger partial charge in [0.2, 0.25) is 0 Å². The molecule has 1 heterocycles. The molecule has 1 amide bonds. The number of carbonyl (C=O) groups excluding carboxylic acids is 1. The minimum absolute atomic E-state index is 0.102. The molecule has 3 aromatic carbocycles. The van der Waals surface area contributed by atoms with Crippen molar-refractivity contribution >= 4 is 50.1 Å². The van der Waals surface area contributed by atoms with Crippen LogP contribution in [0, 0.1) is 18.3 Å². The lowest BCUT2D eigenvalue weighted by Crippen LogP contribution is -2.27. The van der Waals surface area contributed by atoms with Gasteiger partial charge in [0.1, 0.15) is 17.4 Å². The van der Waals surface area contributed by atoms with Gasteiger partial charge in [0.05, 0.1) is 5.56 Å². The number of hydrogen-bond donors (Lipinski definition) is 1. The van der Waals surface area contributed by atoms with E-state index in [-0.39, 0.29) is 11.3 Å². The van der Waals surface area contributed by atoms with Crippen LogP contribution in [0.4, 0.5) is 10.7 Å². The number of nitrogens with zero attached hydrogens (tertiary/aromatic N) is 1. The molecule has 0 saturated heterocycles. The number of aliphatic imine (C=N–C) groups is 1. The van der Waals surface area contributed by atoms with Crippen LogP contribution in [0.5, 0.6) is 5.75 Å². The van der Waals surface area contributed by atoms with Crippen LogP contribution in [-0.4, -0.2) is 12.1 Å². The topological polar surface area (TPSA) is 50.7 Å². The van der Waals surface area contributed by atoms with Crippen LogP contribution in [0.1, 0.15) is 64.7 Å². The zero-order chi connectivity index (χ0) is 28.3. The van der Waals surface area contributed by atoms with Crippen LogP contribution in [-0.2, 0) is 19.4 Å². The monoisotopic (exact) mass is 614 g/mol. The Morgan fingerprint density at radius 3 is 2.58 bits per heavy atom. The number of anilines is 1. The standard InChI is InChI=1S/C34H35BrN2O2S/c1-22-10-12-23(13-11-22)21-39-29-17-15-26(35)18-24(29)20-36-33-31(32(38)37-27-8-6-5-7-9-27)28-16-14-25(34(2,3)4)19-30(28)40-33/h5-13,15,17-18,20,25H,14,16,19,21H2,1-4H3,(H,37,38)/t25-/m1/s1. The second-order valence-electron chi connectivity index (χ2n) is 11.5. The third kappa shape index (κ3) is 6.73. The van der Waals surface area contributed by atoms with Gasteiger partial charge in [0.25, 0.3) is 5.91 Å². The molecular formula is C34H35BrN2O2S. The second-order valence-corrected chi connectivity index (χ2v) is 13.5. The Hall–Kier alpha value is -3.22. The van der Waals surface area contributed by atoms with Gasteiger partial charge in [-0.3, -0.25) is 4.79 Å². The van der Waals surface area contributed by atoms with E-state index in [2.05, 4.69) is 73.2 Å². The number of benzene rings is 3. The van der Waals surface area contributed by atoms with Crippen LogP contribution in [0.2, 0.25) is 0 Å². The molecule has 6 heteroatoms. The molecule has 1 aliphatic rings. The molecule has 4 nitrogen and oxygen atoms in total. The predicted octanol–water partition coefficient (Wildman–Crippen LogP) is 9.55. The van der Waals surface area contributed by atoms with Crippen LogP contribution in [0.15, 0.2) is 82.3 Å². The van der Waals surface area contributed by atoms with E-state index < -0.39 is 0 Å². The lowest BCUT2D eigenvalue weighted by molar-refractivity contribution is 0.102. The fourth-order valence-electron chi connectivity index (χ4n) is 5.08. The van der Waals surface area contributed by atoms with E-state index in [1.807, 2.05) is 54.7 Å². The summed E-state index contributed by atoms with van der Waals surface area (Å²) in [5.41, 5.74) is 6.04. The smallest absolute Gasteiger partial charge is 0.259 e. The molecule has 5 rings (SSSR count). The zero-order valence-corrected chi connectivity index (χ0v) is 25.9. The average Bonchev–Trinajstić information content (AvgIpc) is 3.30. The number of hydrogen-bond acceptors (Lipinski definition) is 4. The number of para-hydroxylation sites is 1. The first-order valence-electron chi connectivity index (χ1n) is 13.7. The van der Waals surface area contributed by atoms with Gasteiger partial charge < -0.3 is 10.1 Å². The highest BCUT2D eigenvalue weighted by Crippen LogP contribution is 2.45. The summed E-state index contributed by atoms with van der Waals surface area (Å²) < 4.78 is 7.15. The van der Waals surface area contributed by atoms with E-state index in [4.69, 9.17) is 9.73 Å². The average molecular weight is 616 g/mol. The van der Waals surface area contributed by atoms with Crippen molar-refractivity contribution in [3.05, 3.63) is 110 Å².